The quantitative estimate of drug-likeness (QED) is 0.174. The van der Waals surface area contributed by atoms with Gasteiger partial charge in [-0.1, -0.05) is 84.9 Å². The van der Waals surface area contributed by atoms with Crippen LogP contribution in [-0.2, 0) is 5.41 Å². The molecule has 0 aromatic heterocycles. The van der Waals surface area contributed by atoms with Crippen LogP contribution in [0.5, 0.6) is 5.75 Å². The minimum absolute atomic E-state index is 0.169. The number of hydrogen-bond donors (Lipinski definition) is 1. The van der Waals surface area contributed by atoms with Gasteiger partial charge in [-0.3, -0.25) is 0 Å². The van der Waals surface area contributed by atoms with Crippen LogP contribution in [0.3, 0.4) is 0 Å². The molecule has 0 saturated heterocycles. The fraction of sp³-hybridized carbons (Fsp3) is 0.250. The third-order valence-corrected chi connectivity index (χ3v) is 11.9. The van der Waals surface area contributed by atoms with E-state index in [1.807, 2.05) is 12.1 Å². The van der Waals surface area contributed by atoms with Gasteiger partial charge in [0.05, 0.1) is 0 Å². The molecule has 4 saturated carbocycles. The maximum atomic E-state index is 9.62. The van der Waals surface area contributed by atoms with Crippen molar-refractivity contribution in [2.75, 3.05) is 0 Å². The van der Waals surface area contributed by atoms with Gasteiger partial charge >= 0.3 is 7.69 Å². The largest absolute Gasteiger partial charge is 0.569 e. The Bertz CT molecular complexity index is 2040. The molecule has 1 radical (unpaired) electrons. The fourth-order valence-corrected chi connectivity index (χ4v) is 10.6. The summed E-state index contributed by atoms with van der Waals surface area (Å²) in [5, 5.41) is 16.5. The van der Waals surface area contributed by atoms with Gasteiger partial charge in [-0.2, -0.15) is 0 Å². The van der Waals surface area contributed by atoms with E-state index in [1.54, 1.807) is 11.1 Å². The van der Waals surface area contributed by atoms with Gasteiger partial charge in [0.15, 0.2) is 0 Å². The summed E-state index contributed by atoms with van der Waals surface area (Å²) in [4.78, 5) is 0. The van der Waals surface area contributed by atoms with Crippen LogP contribution in [0.25, 0.3) is 54.6 Å². The maximum absolute atomic E-state index is 9.62. The Hall–Kier alpha value is -4.08. The van der Waals surface area contributed by atoms with Crippen molar-refractivity contribution < 1.29 is 9.68 Å². The van der Waals surface area contributed by atoms with Crippen molar-refractivity contribution in [3.63, 3.8) is 0 Å². The van der Waals surface area contributed by atoms with Crippen molar-refractivity contribution >= 4 is 40.0 Å². The van der Waals surface area contributed by atoms with E-state index in [9.17, 15) is 5.02 Å². The number of benzene rings is 6. The van der Waals surface area contributed by atoms with Crippen molar-refractivity contribution in [3.8, 4) is 28.0 Å². The van der Waals surface area contributed by atoms with Crippen LogP contribution in [0.2, 0.25) is 0 Å². The summed E-state index contributed by atoms with van der Waals surface area (Å²) in [5.41, 5.74) is 8.76. The first-order chi connectivity index (χ1) is 21.2. The van der Waals surface area contributed by atoms with Crippen LogP contribution in [0.15, 0.2) is 103 Å². The lowest BCUT2D eigenvalue weighted by Crippen LogP contribution is -2.55. The van der Waals surface area contributed by atoms with E-state index in [0.717, 1.165) is 52.9 Å². The Kier molecular flexibility index (Phi) is 4.95. The molecular weight excluding hydrogens is 523 g/mol. The van der Waals surface area contributed by atoms with Crippen molar-refractivity contribution in [1.29, 1.82) is 0 Å². The lowest BCUT2D eigenvalue weighted by atomic mass is 9.43. The standard InChI is InChI=1S/C40H32BO2/c42-41-43-39-33-10-3-1-8-31(33)38(32-9-2-4-11-34(32)39)26-14-13-25-21-35-30-7-5-6-12-36(30)40(37(35)22-27(25)20-26)28-16-23-15-24(18-28)19-29(40)17-23/h1-14,20-24,28-29,42H,15-19H2. The molecule has 5 aliphatic carbocycles. The Labute approximate surface area is 252 Å². The Morgan fingerprint density at radius 1 is 0.581 bits per heavy atom. The van der Waals surface area contributed by atoms with Crippen molar-refractivity contribution in [1.82, 2.24) is 0 Å². The topological polar surface area (TPSA) is 29.5 Å². The molecule has 2 nitrogen and oxygen atoms in total. The summed E-state index contributed by atoms with van der Waals surface area (Å²) in [6.45, 7) is 0. The molecule has 1 spiro atoms. The third kappa shape index (κ3) is 3.14. The summed E-state index contributed by atoms with van der Waals surface area (Å²) in [6, 6.07) is 38.3. The summed E-state index contributed by atoms with van der Waals surface area (Å²) in [6.07, 6.45) is 7.07. The zero-order chi connectivity index (χ0) is 28.3. The first kappa shape index (κ1) is 24.4. The summed E-state index contributed by atoms with van der Waals surface area (Å²) in [7, 11) is 0.794. The Morgan fingerprint density at radius 2 is 1.21 bits per heavy atom. The highest BCUT2D eigenvalue weighted by atomic mass is 16.5. The van der Waals surface area contributed by atoms with Crippen LogP contribution in [0, 0.1) is 23.7 Å². The summed E-state index contributed by atoms with van der Waals surface area (Å²) in [5.74, 6) is 4.09. The molecule has 43 heavy (non-hydrogen) atoms. The second-order valence-corrected chi connectivity index (χ2v) is 13.7. The van der Waals surface area contributed by atoms with E-state index in [1.165, 1.54) is 65.1 Å². The van der Waals surface area contributed by atoms with Crippen LogP contribution in [0.1, 0.15) is 43.2 Å². The third-order valence-electron chi connectivity index (χ3n) is 11.9. The van der Waals surface area contributed by atoms with Gasteiger partial charge in [0.1, 0.15) is 5.75 Å². The molecule has 6 aromatic rings. The van der Waals surface area contributed by atoms with Crippen LogP contribution < -0.4 is 4.65 Å². The van der Waals surface area contributed by atoms with E-state index in [-0.39, 0.29) is 5.41 Å². The molecular formula is C40H32BO2. The second kappa shape index (κ2) is 8.74. The van der Waals surface area contributed by atoms with E-state index >= 15 is 0 Å². The average Bonchev–Trinajstić information content (AvgIpc) is 3.32. The minimum Gasteiger partial charge on any atom is -0.537 e. The van der Waals surface area contributed by atoms with E-state index in [4.69, 9.17) is 4.65 Å². The van der Waals surface area contributed by atoms with Gasteiger partial charge < -0.3 is 9.68 Å². The van der Waals surface area contributed by atoms with E-state index in [2.05, 4.69) is 91.0 Å². The van der Waals surface area contributed by atoms with E-state index in [0.29, 0.717) is 5.75 Å². The van der Waals surface area contributed by atoms with Crippen molar-refractivity contribution in [2.24, 2.45) is 23.7 Å². The molecule has 0 aliphatic heterocycles. The highest BCUT2D eigenvalue weighted by Crippen LogP contribution is 2.69. The van der Waals surface area contributed by atoms with Gasteiger partial charge in [-0.25, -0.2) is 0 Å². The SMILES string of the molecule is O[B]Oc1c2ccccc2c(-c2ccc3cc4c(cc3c2)C2(c3ccccc3-4)C3CC4CC(C3)CC2C4)c2ccccc12. The molecule has 5 aliphatic rings. The van der Waals surface area contributed by atoms with Crippen LogP contribution in [-0.4, -0.2) is 12.7 Å². The van der Waals surface area contributed by atoms with Gasteiger partial charge in [0.25, 0.3) is 0 Å². The van der Waals surface area contributed by atoms with Gasteiger partial charge in [0, 0.05) is 16.2 Å². The maximum Gasteiger partial charge on any atom is 0.569 e. The number of fused-ring (bicyclic) bond motifs is 6. The lowest BCUT2D eigenvalue weighted by molar-refractivity contribution is -0.0399. The first-order valence-electron chi connectivity index (χ1n) is 16.0. The molecule has 1 N–H and O–H groups in total. The zero-order valence-corrected chi connectivity index (χ0v) is 24.1. The lowest BCUT2D eigenvalue weighted by Gasteiger charge is -2.61. The molecule has 11 rings (SSSR count). The molecule has 0 atom stereocenters. The van der Waals surface area contributed by atoms with E-state index < -0.39 is 0 Å². The van der Waals surface area contributed by atoms with Gasteiger partial charge in [-0.15, -0.1) is 0 Å². The monoisotopic (exact) mass is 555 g/mol. The van der Waals surface area contributed by atoms with Crippen LogP contribution in [0.4, 0.5) is 0 Å². The number of hydrogen-bond acceptors (Lipinski definition) is 2. The summed E-state index contributed by atoms with van der Waals surface area (Å²) >= 11 is 0. The molecule has 3 heteroatoms. The molecule has 4 bridgehead atoms. The molecule has 0 amide bonds. The van der Waals surface area contributed by atoms with Crippen molar-refractivity contribution in [2.45, 2.75) is 37.5 Å². The van der Waals surface area contributed by atoms with Gasteiger partial charge in [0.2, 0.25) is 0 Å². The first-order valence-corrected chi connectivity index (χ1v) is 16.0. The molecule has 0 unspecified atom stereocenters. The normalized spacial score (nSPS) is 26.3. The fourth-order valence-electron chi connectivity index (χ4n) is 10.6. The minimum atomic E-state index is 0.169. The molecule has 6 aromatic carbocycles. The predicted octanol–water partition coefficient (Wildman–Crippen LogP) is 9.44. The predicted molar refractivity (Wildman–Crippen MR) is 176 cm³/mol. The Morgan fingerprint density at radius 3 is 1.88 bits per heavy atom. The second-order valence-electron chi connectivity index (χ2n) is 13.7. The zero-order valence-electron chi connectivity index (χ0n) is 24.1. The van der Waals surface area contributed by atoms with Gasteiger partial charge in [-0.05, 0) is 129 Å². The number of rotatable bonds is 3. The summed E-state index contributed by atoms with van der Waals surface area (Å²) < 4.78 is 5.72. The smallest absolute Gasteiger partial charge is 0.537 e. The highest BCUT2D eigenvalue weighted by Gasteiger charge is 2.61. The van der Waals surface area contributed by atoms with Crippen molar-refractivity contribution in [3.05, 3.63) is 114 Å². The highest BCUT2D eigenvalue weighted by molar-refractivity contribution is 6.23. The molecule has 0 heterocycles. The molecule has 207 valence electrons. The average molecular weight is 556 g/mol. The molecule has 4 fully saturated rings. The Balaban J connectivity index is 1.23. The van der Waals surface area contributed by atoms with Crippen LogP contribution >= 0.6 is 0 Å².